The fourth-order valence-electron chi connectivity index (χ4n) is 0.931. The van der Waals surface area contributed by atoms with E-state index >= 15 is 0 Å². The summed E-state index contributed by atoms with van der Waals surface area (Å²) >= 11 is 0. The Morgan fingerprint density at radius 1 is 0.688 bits per heavy atom. The minimum Gasteiger partial charge on any atom is -0.396 e. The zero-order chi connectivity index (χ0) is 13.1. The van der Waals surface area contributed by atoms with Crippen LogP contribution in [-0.2, 0) is 9.59 Å². The number of hydrogen-bond acceptors (Lipinski definition) is 6. The van der Waals surface area contributed by atoms with Gasteiger partial charge < -0.3 is 10.2 Å². The van der Waals surface area contributed by atoms with Gasteiger partial charge in [-0.25, -0.2) is 20.4 Å². The zero-order valence-electron chi connectivity index (χ0n) is 9.37. The van der Waals surface area contributed by atoms with Crippen molar-refractivity contribution in [2.75, 3.05) is 13.2 Å². The Morgan fingerprint density at radius 3 is 1.06 bits per heavy atom. The van der Waals surface area contributed by atoms with Crippen molar-refractivity contribution in [2.45, 2.75) is 38.5 Å². The van der Waals surface area contributed by atoms with Crippen LogP contribution in [0.2, 0.25) is 0 Å². The summed E-state index contributed by atoms with van der Waals surface area (Å²) in [5, 5.41) is 27.7. The first kappa shape index (κ1) is 20.1. The van der Waals surface area contributed by atoms with E-state index in [4.69, 9.17) is 30.6 Å². The lowest BCUT2D eigenvalue weighted by Gasteiger charge is -1.97. The summed E-state index contributed by atoms with van der Waals surface area (Å²) in [6, 6.07) is 0. The summed E-state index contributed by atoms with van der Waals surface area (Å²) in [5.74, 6) is 0. The Labute approximate surface area is 95.3 Å². The van der Waals surface area contributed by atoms with Gasteiger partial charge in [-0.15, -0.1) is 0 Å². The van der Waals surface area contributed by atoms with E-state index in [2.05, 4.69) is 0 Å². The van der Waals surface area contributed by atoms with Crippen molar-refractivity contribution >= 4 is 12.2 Å². The molecule has 94 valence electrons. The molecule has 0 saturated carbocycles. The van der Waals surface area contributed by atoms with Crippen molar-refractivity contribution in [3.8, 4) is 0 Å². The highest BCUT2D eigenvalue weighted by Crippen LogP contribution is 2.03. The van der Waals surface area contributed by atoms with Crippen LogP contribution in [0.1, 0.15) is 38.5 Å². The number of hydrogen-bond donors (Lipinski definition) is 4. The fourth-order valence-corrected chi connectivity index (χ4v) is 0.931. The SMILES string of the molecule is N=C=O.N=C=O.OCCCCCCCCO. The smallest absolute Gasteiger partial charge is 0.231 e. The van der Waals surface area contributed by atoms with E-state index in [0.29, 0.717) is 13.2 Å². The molecule has 0 radical (unpaired) electrons. The van der Waals surface area contributed by atoms with E-state index in [-0.39, 0.29) is 0 Å². The van der Waals surface area contributed by atoms with Crippen LogP contribution in [0.3, 0.4) is 0 Å². The number of isocyanates is 2. The average Bonchev–Trinajstić information content (AvgIpc) is 2.26. The minimum absolute atomic E-state index is 0.319. The monoisotopic (exact) mass is 232 g/mol. The molecule has 0 saturated heterocycles. The molecule has 0 aromatic rings. The molecule has 0 aliphatic rings. The zero-order valence-corrected chi connectivity index (χ0v) is 9.37. The third-order valence-corrected chi connectivity index (χ3v) is 1.57. The lowest BCUT2D eigenvalue weighted by Crippen LogP contribution is -1.85. The molecule has 0 spiro atoms. The molecule has 0 rings (SSSR count). The van der Waals surface area contributed by atoms with Gasteiger partial charge in [0.25, 0.3) is 0 Å². The molecule has 0 heterocycles. The average molecular weight is 232 g/mol. The molecule has 6 heteroatoms. The first-order chi connectivity index (χ1) is 7.74. The van der Waals surface area contributed by atoms with Crippen LogP contribution in [-0.4, -0.2) is 35.6 Å². The normalized spacial score (nSPS) is 7.38. The molecule has 0 bridgehead atoms. The van der Waals surface area contributed by atoms with Crippen molar-refractivity contribution < 1.29 is 19.8 Å². The van der Waals surface area contributed by atoms with Crippen molar-refractivity contribution in [1.29, 1.82) is 10.8 Å². The molecule has 0 aliphatic heterocycles. The van der Waals surface area contributed by atoms with E-state index in [1.54, 1.807) is 0 Å². The number of unbranched alkanes of at least 4 members (excludes halogenated alkanes) is 5. The lowest BCUT2D eigenvalue weighted by molar-refractivity contribution is 0.275. The van der Waals surface area contributed by atoms with Crippen molar-refractivity contribution in [3.63, 3.8) is 0 Å². The second-order valence-corrected chi connectivity index (χ2v) is 2.77. The third-order valence-electron chi connectivity index (χ3n) is 1.57. The van der Waals surface area contributed by atoms with Crippen molar-refractivity contribution in [3.05, 3.63) is 0 Å². The quantitative estimate of drug-likeness (QED) is 0.298. The van der Waals surface area contributed by atoms with Gasteiger partial charge >= 0.3 is 0 Å². The standard InChI is InChI=1S/C8H18O2.2CHNO/c9-7-5-3-1-2-4-6-8-10;2*2-1-3/h9-10H,1-8H2;2*2H. The van der Waals surface area contributed by atoms with Gasteiger partial charge in [-0.1, -0.05) is 25.7 Å². The highest BCUT2D eigenvalue weighted by Gasteiger charge is 1.88. The molecule has 0 fully saturated rings. The molecule has 6 nitrogen and oxygen atoms in total. The molecular formula is C10H20N2O4. The molecule has 0 aliphatic carbocycles. The first-order valence-corrected chi connectivity index (χ1v) is 5.04. The number of rotatable bonds is 7. The highest BCUT2D eigenvalue weighted by atomic mass is 16.3. The highest BCUT2D eigenvalue weighted by molar-refractivity contribution is 5.26. The predicted molar refractivity (Wildman–Crippen MR) is 58.7 cm³/mol. The summed E-state index contributed by atoms with van der Waals surface area (Å²) in [5.41, 5.74) is 0. The Balaban J connectivity index is -0.000000235. The topological polar surface area (TPSA) is 122 Å². The fraction of sp³-hybridized carbons (Fsp3) is 0.800. The Bertz CT molecular complexity index is 154. The molecular weight excluding hydrogens is 212 g/mol. The molecule has 0 amide bonds. The van der Waals surface area contributed by atoms with Crippen molar-refractivity contribution in [2.24, 2.45) is 0 Å². The predicted octanol–water partition coefficient (Wildman–Crippen LogP) is 1.11. The van der Waals surface area contributed by atoms with Gasteiger partial charge in [-0.2, -0.15) is 0 Å². The summed E-state index contributed by atoms with van der Waals surface area (Å²) in [4.78, 5) is 16.7. The van der Waals surface area contributed by atoms with Crippen LogP contribution in [0.4, 0.5) is 0 Å². The van der Waals surface area contributed by atoms with Crippen molar-refractivity contribution in [1.82, 2.24) is 0 Å². The Morgan fingerprint density at radius 2 is 0.875 bits per heavy atom. The Kier molecular flexibility index (Phi) is 36.7. The molecule has 0 aromatic carbocycles. The van der Waals surface area contributed by atoms with Crippen LogP contribution in [0.15, 0.2) is 0 Å². The van der Waals surface area contributed by atoms with Crippen LogP contribution in [0, 0.1) is 10.8 Å². The second kappa shape index (κ2) is 29.2. The second-order valence-electron chi connectivity index (χ2n) is 2.77. The number of aliphatic hydroxyl groups excluding tert-OH is 2. The van der Waals surface area contributed by atoms with Crippen LogP contribution in [0.25, 0.3) is 0 Å². The maximum atomic E-state index is 8.43. The molecule has 4 N–H and O–H groups in total. The summed E-state index contributed by atoms with van der Waals surface area (Å²) in [7, 11) is 0. The molecule has 0 unspecified atom stereocenters. The maximum Gasteiger partial charge on any atom is 0.231 e. The van der Waals surface area contributed by atoms with Crippen LogP contribution >= 0.6 is 0 Å². The van der Waals surface area contributed by atoms with E-state index in [9.17, 15) is 0 Å². The van der Waals surface area contributed by atoms with Crippen LogP contribution in [0.5, 0.6) is 0 Å². The third kappa shape index (κ3) is 53.6. The maximum absolute atomic E-state index is 8.43. The number of nitrogens with one attached hydrogen (secondary N) is 2. The lowest BCUT2D eigenvalue weighted by atomic mass is 10.1. The van der Waals surface area contributed by atoms with E-state index in [1.807, 2.05) is 0 Å². The van der Waals surface area contributed by atoms with Gasteiger partial charge in [-0.3, -0.25) is 0 Å². The van der Waals surface area contributed by atoms with Gasteiger partial charge in [0.15, 0.2) is 0 Å². The van der Waals surface area contributed by atoms with Gasteiger partial charge in [0.2, 0.25) is 12.2 Å². The number of aliphatic hydroxyl groups is 2. The van der Waals surface area contributed by atoms with E-state index in [0.717, 1.165) is 37.8 Å². The Hall–Kier alpha value is -1.32. The molecule has 0 atom stereocenters. The largest absolute Gasteiger partial charge is 0.396 e. The van der Waals surface area contributed by atoms with E-state index in [1.165, 1.54) is 12.8 Å². The van der Waals surface area contributed by atoms with E-state index < -0.39 is 0 Å². The van der Waals surface area contributed by atoms with Gasteiger partial charge in [0, 0.05) is 13.2 Å². The summed E-state index contributed by atoms with van der Waals surface area (Å²) < 4.78 is 0. The molecule has 0 aromatic heterocycles. The molecule has 16 heavy (non-hydrogen) atoms. The van der Waals surface area contributed by atoms with Gasteiger partial charge in [-0.05, 0) is 12.8 Å². The van der Waals surface area contributed by atoms with Gasteiger partial charge in [0.05, 0.1) is 0 Å². The summed E-state index contributed by atoms with van der Waals surface area (Å²) in [6.45, 7) is 0.639. The van der Waals surface area contributed by atoms with Crippen LogP contribution < -0.4 is 0 Å². The summed E-state index contributed by atoms with van der Waals surface area (Å²) in [6.07, 6.45) is 8.00. The first-order valence-electron chi connectivity index (χ1n) is 5.04. The number of carbonyl (C=O) groups excluding carboxylic acids is 2. The van der Waals surface area contributed by atoms with Gasteiger partial charge in [0.1, 0.15) is 0 Å². The minimum atomic E-state index is 0.319.